The van der Waals surface area contributed by atoms with Gasteiger partial charge in [-0.3, -0.25) is 0 Å². The first-order chi connectivity index (χ1) is 7.90. The summed E-state index contributed by atoms with van der Waals surface area (Å²) in [7, 11) is 0. The highest BCUT2D eigenvalue weighted by molar-refractivity contribution is 7.05. The average molecular weight is 235 g/mol. The van der Waals surface area contributed by atoms with Crippen LogP contribution in [0.4, 0.5) is 0 Å². The first-order valence-electron chi connectivity index (χ1n) is 6.47. The maximum atomic E-state index is 4.78. The number of nitrogens with one attached hydrogen (secondary N) is 1. The Morgan fingerprint density at radius 3 is 2.75 bits per heavy atom. The molecule has 0 radical (unpaired) electrons. The second-order valence-electron chi connectivity index (χ2n) is 5.57. The van der Waals surface area contributed by atoms with Crippen LogP contribution in [0.15, 0.2) is 0 Å². The van der Waals surface area contributed by atoms with E-state index in [0.29, 0.717) is 17.9 Å². The van der Waals surface area contributed by atoms with E-state index in [4.69, 9.17) is 4.98 Å². The van der Waals surface area contributed by atoms with E-state index in [9.17, 15) is 0 Å². The largest absolute Gasteiger partial charge is 0.313 e. The fourth-order valence-corrected chi connectivity index (χ4v) is 4.09. The molecule has 4 fully saturated rings. The number of aromatic nitrogens is 2. The molecule has 4 aliphatic rings. The molecule has 16 heavy (non-hydrogen) atoms. The number of fused-ring (bicyclic) bond motifs is 3. The molecule has 2 saturated carbocycles. The van der Waals surface area contributed by atoms with E-state index in [1.165, 1.54) is 43.7 Å². The lowest BCUT2D eigenvalue weighted by Crippen LogP contribution is -2.48. The highest BCUT2D eigenvalue weighted by Crippen LogP contribution is 2.43. The molecule has 3 atom stereocenters. The summed E-state index contributed by atoms with van der Waals surface area (Å²) in [6, 6.07) is 0.685. The molecule has 86 valence electrons. The molecular formula is C12H17N3S. The van der Waals surface area contributed by atoms with Gasteiger partial charge in [-0.15, -0.1) is 0 Å². The van der Waals surface area contributed by atoms with Crippen molar-refractivity contribution in [3.05, 3.63) is 10.8 Å². The number of rotatable bonds is 2. The van der Waals surface area contributed by atoms with Crippen molar-refractivity contribution in [2.45, 2.75) is 50.0 Å². The van der Waals surface area contributed by atoms with Gasteiger partial charge in [-0.05, 0) is 56.1 Å². The first-order valence-corrected chi connectivity index (χ1v) is 7.24. The molecule has 2 saturated heterocycles. The van der Waals surface area contributed by atoms with Gasteiger partial charge in [0.1, 0.15) is 10.8 Å². The van der Waals surface area contributed by atoms with Crippen LogP contribution in [0.25, 0.3) is 0 Å². The Morgan fingerprint density at radius 1 is 1.19 bits per heavy atom. The van der Waals surface area contributed by atoms with E-state index in [1.54, 1.807) is 11.5 Å². The fraction of sp³-hybridized carbons (Fsp3) is 0.833. The normalized spacial score (nSPS) is 37.9. The van der Waals surface area contributed by atoms with Crippen LogP contribution in [0.3, 0.4) is 0 Å². The highest BCUT2D eigenvalue weighted by Gasteiger charge is 2.38. The van der Waals surface area contributed by atoms with Crippen LogP contribution in [-0.4, -0.2) is 21.9 Å². The molecule has 3 nitrogen and oxygen atoms in total. The van der Waals surface area contributed by atoms with Crippen molar-refractivity contribution in [2.75, 3.05) is 6.54 Å². The number of hydrogen-bond acceptors (Lipinski definition) is 4. The van der Waals surface area contributed by atoms with Crippen LogP contribution in [0.5, 0.6) is 0 Å². The van der Waals surface area contributed by atoms with Gasteiger partial charge in [0.2, 0.25) is 0 Å². The summed E-state index contributed by atoms with van der Waals surface area (Å²) in [6.07, 6.45) is 6.73. The SMILES string of the molecule is C1CC2NCC1CC2c1nc(C2CC2)ns1. The second-order valence-corrected chi connectivity index (χ2v) is 6.35. The minimum atomic E-state index is 0.664. The molecular weight excluding hydrogens is 218 g/mol. The van der Waals surface area contributed by atoms with Crippen molar-refractivity contribution in [3.8, 4) is 0 Å². The molecule has 0 aromatic carbocycles. The van der Waals surface area contributed by atoms with Crippen molar-refractivity contribution in [2.24, 2.45) is 5.92 Å². The quantitative estimate of drug-likeness (QED) is 0.854. The van der Waals surface area contributed by atoms with E-state index in [2.05, 4.69) is 9.69 Å². The molecule has 2 aliphatic carbocycles. The zero-order valence-electron chi connectivity index (χ0n) is 9.35. The Kier molecular flexibility index (Phi) is 2.09. The lowest BCUT2D eigenvalue weighted by atomic mass is 9.74. The molecule has 0 spiro atoms. The van der Waals surface area contributed by atoms with E-state index in [-0.39, 0.29) is 0 Å². The maximum absolute atomic E-state index is 4.78. The predicted molar refractivity (Wildman–Crippen MR) is 63.8 cm³/mol. The first kappa shape index (κ1) is 9.54. The van der Waals surface area contributed by atoms with Crippen molar-refractivity contribution < 1.29 is 0 Å². The van der Waals surface area contributed by atoms with E-state index in [1.807, 2.05) is 0 Å². The number of nitrogens with zero attached hydrogens (tertiary/aromatic N) is 2. The van der Waals surface area contributed by atoms with Crippen LogP contribution in [0.2, 0.25) is 0 Å². The molecule has 3 unspecified atom stereocenters. The summed E-state index contributed by atoms with van der Waals surface area (Å²) < 4.78 is 4.54. The Hall–Kier alpha value is -0.480. The van der Waals surface area contributed by atoms with Gasteiger partial charge in [0, 0.05) is 17.9 Å². The van der Waals surface area contributed by atoms with Crippen LogP contribution < -0.4 is 5.32 Å². The lowest BCUT2D eigenvalue weighted by Gasteiger charge is -2.42. The second kappa shape index (κ2) is 3.50. The summed E-state index contributed by atoms with van der Waals surface area (Å²) in [5.41, 5.74) is 0. The topological polar surface area (TPSA) is 37.8 Å². The summed E-state index contributed by atoms with van der Waals surface area (Å²) in [5, 5.41) is 4.97. The van der Waals surface area contributed by atoms with Crippen molar-refractivity contribution in [1.29, 1.82) is 0 Å². The standard InChI is InChI=1S/C12H17N3S/c1-4-10-9(5-7(1)6-13-10)12-14-11(15-16-12)8-2-3-8/h7-10,13H,1-6H2. The lowest BCUT2D eigenvalue weighted by molar-refractivity contribution is 0.182. The predicted octanol–water partition coefficient (Wildman–Crippen LogP) is 2.27. The van der Waals surface area contributed by atoms with E-state index < -0.39 is 0 Å². The summed E-state index contributed by atoms with van der Waals surface area (Å²) in [5.74, 6) is 3.40. The minimum Gasteiger partial charge on any atom is -0.313 e. The zero-order chi connectivity index (χ0) is 10.5. The molecule has 4 heteroatoms. The van der Waals surface area contributed by atoms with Gasteiger partial charge in [0.25, 0.3) is 0 Å². The van der Waals surface area contributed by atoms with Crippen molar-refractivity contribution in [1.82, 2.24) is 14.7 Å². The summed E-state index contributed by atoms with van der Waals surface area (Å²) in [4.78, 5) is 4.78. The van der Waals surface area contributed by atoms with Crippen molar-refractivity contribution in [3.63, 3.8) is 0 Å². The summed E-state index contributed by atoms with van der Waals surface area (Å²) >= 11 is 1.66. The van der Waals surface area contributed by atoms with E-state index in [0.717, 1.165) is 11.7 Å². The number of hydrogen-bond donors (Lipinski definition) is 1. The summed E-state index contributed by atoms with van der Waals surface area (Å²) in [6.45, 7) is 1.23. The van der Waals surface area contributed by atoms with Crippen LogP contribution in [0, 0.1) is 5.92 Å². The van der Waals surface area contributed by atoms with Gasteiger partial charge in [-0.1, -0.05) is 0 Å². The molecule has 1 N–H and O–H groups in total. The Morgan fingerprint density at radius 2 is 2.12 bits per heavy atom. The fourth-order valence-electron chi connectivity index (χ4n) is 3.18. The third-order valence-electron chi connectivity index (χ3n) is 4.34. The van der Waals surface area contributed by atoms with Gasteiger partial charge in [-0.2, -0.15) is 4.37 Å². The van der Waals surface area contributed by atoms with Gasteiger partial charge in [0.05, 0.1) is 0 Å². The Bertz CT molecular complexity index is 391. The molecule has 2 bridgehead atoms. The van der Waals surface area contributed by atoms with Crippen molar-refractivity contribution >= 4 is 11.5 Å². The third kappa shape index (κ3) is 1.51. The average Bonchev–Trinajstić information content (AvgIpc) is 3.09. The van der Waals surface area contributed by atoms with Gasteiger partial charge in [-0.25, -0.2) is 4.98 Å². The van der Waals surface area contributed by atoms with E-state index >= 15 is 0 Å². The molecule has 2 aliphatic heterocycles. The smallest absolute Gasteiger partial charge is 0.145 e. The van der Waals surface area contributed by atoms with Gasteiger partial charge in [0.15, 0.2) is 0 Å². The minimum absolute atomic E-state index is 0.664. The molecule has 1 aromatic heterocycles. The molecule has 0 amide bonds. The van der Waals surface area contributed by atoms with Crippen LogP contribution in [0.1, 0.15) is 54.8 Å². The molecule has 3 heterocycles. The van der Waals surface area contributed by atoms with Gasteiger partial charge < -0.3 is 5.32 Å². The molecule has 5 rings (SSSR count). The zero-order valence-corrected chi connectivity index (χ0v) is 10.2. The number of piperidine rings is 2. The highest BCUT2D eigenvalue weighted by atomic mass is 32.1. The third-order valence-corrected chi connectivity index (χ3v) is 5.20. The van der Waals surface area contributed by atoms with Crippen LogP contribution >= 0.6 is 11.5 Å². The molecule has 1 aromatic rings. The Balaban J connectivity index is 1.59. The van der Waals surface area contributed by atoms with Crippen LogP contribution in [-0.2, 0) is 0 Å². The Labute approximate surface area is 99.8 Å². The monoisotopic (exact) mass is 235 g/mol. The maximum Gasteiger partial charge on any atom is 0.145 e. The van der Waals surface area contributed by atoms with Gasteiger partial charge >= 0.3 is 0 Å².